The molecule has 1 heteroatoms. The zero-order valence-electron chi connectivity index (χ0n) is 6.99. The van der Waals surface area contributed by atoms with Crippen molar-refractivity contribution in [2.45, 2.75) is 33.1 Å². The largest absolute Gasteiger partial charge is 0.126 e. The van der Waals surface area contributed by atoms with Crippen molar-refractivity contribution in [2.24, 2.45) is 5.41 Å². The molecule has 0 aromatic carbocycles. The highest BCUT2D eigenvalue weighted by molar-refractivity contribution is 6.18. The van der Waals surface area contributed by atoms with Crippen LogP contribution in [-0.4, -0.2) is 5.88 Å². The fourth-order valence-corrected chi connectivity index (χ4v) is 0.925. The second kappa shape index (κ2) is 4.79. The minimum absolute atomic E-state index is 0.310. The van der Waals surface area contributed by atoms with Crippen molar-refractivity contribution in [3.8, 4) is 0 Å². The maximum atomic E-state index is 5.75. The van der Waals surface area contributed by atoms with Crippen molar-refractivity contribution < 1.29 is 0 Å². The summed E-state index contributed by atoms with van der Waals surface area (Å²) in [6.07, 6.45) is 5.48. The molecule has 0 bridgehead atoms. The molecular formula is C9H17Cl. The molecule has 0 saturated heterocycles. The maximum Gasteiger partial charge on any atom is 0.0274 e. The van der Waals surface area contributed by atoms with Crippen molar-refractivity contribution >= 4 is 11.6 Å². The molecule has 0 radical (unpaired) electrons. The smallest absolute Gasteiger partial charge is 0.0274 e. The van der Waals surface area contributed by atoms with E-state index in [1.807, 2.05) is 6.08 Å². The van der Waals surface area contributed by atoms with Crippen LogP contribution in [0.1, 0.15) is 33.1 Å². The van der Waals surface area contributed by atoms with Crippen LogP contribution >= 0.6 is 11.6 Å². The van der Waals surface area contributed by atoms with Gasteiger partial charge >= 0.3 is 0 Å². The van der Waals surface area contributed by atoms with Gasteiger partial charge in [0.15, 0.2) is 0 Å². The first-order valence-electron chi connectivity index (χ1n) is 3.79. The van der Waals surface area contributed by atoms with Crippen LogP contribution in [0.2, 0.25) is 0 Å². The Balaban J connectivity index is 3.36. The van der Waals surface area contributed by atoms with E-state index in [0.717, 1.165) is 12.3 Å². The Bertz CT molecular complexity index is 94.9. The molecule has 0 heterocycles. The molecule has 0 saturated carbocycles. The third-order valence-corrected chi connectivity index (χ3v) is 2.35. The van der Waals surface area contributed by atoms with Gasteiger partial charge in [0.2, 0.25) is 0 Å². The molecule has 0 N–H and O–H groups in total. The first-order chi connectivity index (χ1) is 4.62. The van der Waals surface area contributed by atoms with Crippen molar-refractivity contribution in [1.29, 1.82) is 0 Å². The number of rotatable bonds is 5. The molecule has 0 unspecified atom stereocenters. The third-order valence-electron chi connectivity index (χ3n) is 1.62. The summed E-state index contributed by atoms with van der Waals surface area (Å²) in [6.45, 7) is 8.07. The van der Waals surface area contributed by atoms with E-state index < -0.39 is 0 Å². The predicted molar refractivity (Wildman–Crippen MR) is 48.5 cm³/mol. The summed E-state index contributed by atoms with van der Waals surface area (Å²) in [6, 6.07) is 0. The van der Waals surface area contributed by atoms with Gasteiger partial charge in [-0.15, -0.1) is 18.2 Å². The van der Waals surface area contributed by atoms with Gasteiger partial charge in [-0.3, -0.25) is 0 Å². The molecule has 0 aromatic heterocycles. The van der Waals surface area contributed by atoms with E-state index in [-0.39, 0.29) is 0 Å². The van der Waals surface area contributed by atoms with Crippen LogP contribution in [0.3, 0.4) is 0 Å². The van der Waals surface area contributed by atoms with Crippen LogP contribution in [0, 0.1) is 5.41 Å². The lowest BCUT2D eigenvalue weighted by molar-refractivity contribution is 0.373. The van der Waals surface area contributed by atoms with E-state index >= 15 is 0 Å². The van der Waals surface area contributed by atoms with Gasteiger partial charge < -0.3 is 0 Å². The third kappa shape index (κ3) is 4.87. The molecule has 0 spiro atoms. The second-order valence-electron chi connectivity index (χ2n) is 3.48. The summed E-state index contributed by atoms with van der Waals surface area (Å²) in [4.78, 5) is 0. The van der Waals surface area contributed by atoms with Crippen LogP contribution in [-0.2, 0) is 0 Å². The molecule has 0 nitrogen and oxygen atoms in total. The normalized spacial score (nSPS) is 11.5. The average Bonchev–Trinajstić information content (AvgIpc) is 1.89. The Morgan fingerprint density at radius 1 is 1.50 bits per heavy atom. The van der Waals surface area contributed by atoms with Gasteiger partial charge in [0.05, 0.1) is 0 Å². The minimum Gasteiger partial charge on any atom is -0.126 e. The summed E-state index contributed by atoms with van der Waals surface area (Å²) in [5.41, 5.74) is 0.310. The quantitative estimate of drug-likeness (QED) is 0.328. The lowest BCUT2D eigenvalue weighted by atomic mass is 9.89. The topological polar surface area (TPSA) is 0 Å². The van der Waals surface area contributed by atoms with Gasteiger partial charge in [0.25, 0.3) is 0 Å². The Morgan fingerprint density at radius 3 is 2.50 bits per heavy atom. The van der Waals surface area contributed by atoms with E-state index in [1.54, 1.807) is 0 Å². The number of alkyl halides is 1. The first kappa shape index (κ1) is 10.0. The molecule has 10 heavy (non-hydrogen) atoms. The van der Waals surface area contributed by atoms with Crippen LogP contribution < -0.4 is 0 Å². The van der Waals surface area contributed by atoms with E-state index in [2.05, 4.69) is 20.4 Å². The van der Waals surface area contributed by atoms with E-state index in [0.29, 0.717) is 5.41 Å². The Labute approximate surface area is 69.3 Å². The highest BCUT2D eigenvalue weighted by atomic mass is 35.5. The van der Waals surface area contributed by atoms with Gasteiger partial charge in [0.1, 0.15) is 0 Å². The van der Waals surface area contributed by atoms with Crippen LogP contribution in [0.4, 0.5) is 0 Å². The fraction of sp³-hybridized carbons (Fsp3) is 0.778. The number of hydrogen-bond donors (Lipinski definition) is 0. The number of allylic oxidation sites excluding steroid dienone is 1. The van der Waals surface area contributed by atoms with E-state index in [4.69, 9.17) is 11.6 Å². The van der Waals surface area contributed by atoms with Gasteiger partial charge in [-0.2, -0.15) is 0 Å². The standard InChI is InChI=1S/C9H17Cl/c1-4-5-6-7-9(2,3)8-10/h4H,1,5-8H2,2-3H3. The van der Waals surface area contributed by atoms with Crippen molar-refractivity contribution in [3.63, 3.8) is 0 Å². The number of unbranched alkanes of at least 4 members (excludes halogenated alkanes) is 1. The molecular weight excluding hydrogens is 144 g/mol. The number of hydrogen-bond acceptors (Lipinski definition) is 0. The van der Waals surface area contributed by atoms with Crippen molar-refractivity contribution in [3.05, 3.63) is 12.7 Å². The van der Waals surface area contributed by atoms with Crippen LogP contribution in [0.25, 0.3) is 0 Å². The average molecular weight is 161 g/mol. The molecule has 0 aromatic rings. The second-order valence-corrected chi connectivity index (χ2v) is 3.75. The molecule has 0 amide bonds. The minimum atomic E-state index is 0.310. The zero-order chi connectivity index (χ0) is 8.04. The Morgan fingerprint density at radius 2 is 2.10 bits per heavy atom. The summed E-state index contributed by atoms with van der Waals surface area (Å²) in [5.74, 6) is 0.754. The van der Waals surface area contributed by atoms with Crippen molar-refractivity contribution in [2.75, 3.05) is 5.88 Å². The van der Waals surface area contributed by atoms with Crippen LogP contribution in [0.15, 0.2) is 12.7 Å². The van der Waals surface area contributed by atoms with E-state index in [1.165, 1.54) is 12.8 Å². The van der Waals surface area contributed by atoms with Gasteiger partial charge in [-0.1, -0.05) is 19.9 Å². The molecule has 0 aliphatic carbocycles. The van der Waals surface area contributed by atoms with Crippen molar-refractivity contribution in [1.82, 2.24) is 0 Å². The summed E-state index contributed by atoms with van der Waals surface area (Å²) in [5, 5.41) is 0. The Kier molecular flexibility index (Phi) is 4.80. The highest BCUT2D eigenvalue weighted by Crippen LogP contribution is 2.24. The SMILES string of the molecule is C=CCCCC(C)(C)CCl. The molecule has 0 aliphatic rings. The molecule has 0 aliphatic heterocycles. The zero-order valence-corrected chi connectivity index (χ0v) is 7.75. The molecule has 60 valence electrons. The maximum absolute atomic E-state index is 5.75. The molecule has 0 fully saturated rings. The molecule has 0 rings (SSSR count). The highest BCUT2D eigenvalue weighted by Gasteiger charge is 2.14. The summed E-state index contributed by atoms with van der Waals surface area (Å²) in [7, 11) is 0. The monoisotopic (exact) mass is 160 g/mol. The van der Waals surface area contributed by atoms with E-state index in [9.17, 15) is 0 Å². The fourth-order valence-electron chi connectivity index (χ4n) is 0.792. The summed E-state index contributed by atoms with van der Waals surface area (Å²) >= 11 is 5.75. The lowest BCUT2D eigenvalue weighted by Gasteiger charge is -2.20. The van der Waals surface area contributed by atoms with Crippen LogP contribution in [0.5, 0.6) is 0 Å². The Hall–Kier alpha value is 0.0300. The summed E-state index contributed by atoms with van der Waals surface area (Å²) < 4.78 is 0. The molecule has 0 atom stereocenters. The number of halogens is 1. The van der Waals surface area contributed by atoms with Gasteiger partial charge in [-0.25, -0.2) is 0 Å². The van der Waals surface area contributed by atoms with Gasteiger partial charge in [-0.05, 0) is 24.7 Å². The lowest BCUT2D eigenvalue weighted by Crippen LogP contribution is -2.12. The first-order valence-corrected chi connectivity index (χ1v) is 4.33. The van der Waals surface area contributed by atoms with Gasteiger partial charge in [0, 0.05) is 5.88 Å². The predicted octanol–water partition coefficient (Wildman–Crippen LogP) is 3.61.